The van der Waals surface area contributed by atoms with Crippen molar-refractivity contribution in [1.82, 2.24) is 4.90 Å². The summed E-state index contributed by atoms with van der Waals surface area (Å²) in [6.45, 7) is 9.47. The van der Waals surface area contributed by atoms with Crippen LogP contribution in [-0.4, -0.2) is 50.3 Å². The average molecular weight is 243 g/mol. The highest BCUT2D eigenvalue weighted by Gasteiger charge is 2.32. The first-order valence-electron chi connectivity index (χ1n) is 6.42. The third kappa shape index (κ3) is 4.28. The summed E-state index contributed by atoms with van der Waals surface area (Å²) in [5.74, 6) is -0.135. The third-order valence-electron chi connectivity index (χ3n) is 3.29. The summed E-state index contributed by atoms with van der Waals surface area (Å²) in [7, 11) is 1.45. The summed E-state index contributed by atoms with van der Waals surface area (Å²) < 4.78 is 10.4. The minimum absolute atomic E-state index is 0.135. The Morgan fingerprint density at radius 1 is 1.35 bits per heavy atom. The Morgan fingerprint density at radius 2 is 1.94 bits per heavy atom. The SMILES string of the molecule is CCOC1CCN(CC(C)(C)C(=O)OC)CC1. The van der Waals surface area contributed by atoms with Gasteiger partial charge in [-0.2, -0.15) is 0 Å². The zero-order valence-corrected chi connectivity index (χ0v) is 11.5. The Bertz CT molecular complexity index is 245. The number of rotatable bonds is 5. The second-order valence-corrected chi connectivity index (χ2v) is 5.31. The van der Waals surface area contributed by atoms with E-state index in [4.69, 9.17) is 9.47 Å². The quantitative estimate of drug-likeness (QED) is 0.689. The summed E-state index contributed by atoms with van der Waals surface area (Å²) in [5.41, 5.74) is -0.423. The van der Waals surface area contributed by atoms with Crippen LogP contribution in [0, 0.1) is 5.41 Å². The normalized spacial score (nSPS) is 19.3. The molecule has 4 heteroatoms. The summed E-state index contributed by atoms with van der Waals surface area (Å²) in [5, 5.41) is 0. The topological polar surface area (TPSA) is 38.8 Å². The van der Waals surface area contributed by atoms with Gasteiger partial charge in [-0.25, -0.2) is 0 Å². The van der Waals surface area contributed by atoms with Gasteiger partial charge >= 0.3 is 5.97 Å². The number of carbonyl (C=O) groups excluding carboxylic acids is 1. The van der Waals surface area contributed by atoms with E-state index in [-0.39, 0.29) is 5.97 Å². The Balaban J connectivity index is 2.37. The largest absolute Gasteiger partial charge is 0.469 e. The highest BCUT2D eigenvalue weighted by Crippen LogP contribution is 2.22. The summed E-state index contributed by atoms with van der Waals surface area (Å²) in [6.07, 6.45) is 2.52. The molecule has 0 radical (unpaired) electrons. The second kappa shape index (κ2) is 6.36. The van der Waals surface area contributed by atoms with Crippen LogP contribution in [0.4, 0.5) is 0 Å². The molecule has 0 aromatic heterocycles. The molecule has 4 nitrogen and oxygen atoms in total. The average Bonchev–Trinajstić information content (AvgIpc) is 2.30. The molecule has 0 aromatic carbocycles. The number of hydrogen-bond acceptors (Lipinski definition) is 4. The van der Waals surface area contributed by atoms with Crippen LogP contribution in [0.1, 0.15) is 33.6 Å². The molecule has 1 aliphatic heterocycles. The molecule has 1 saturated heterocycles. The highest BCUT2D eigenvalue weighted by molar-refractivity contribution is 5.76. The van der Waals surface area contributed by atoms with Crippen LogP contribution in [-0.2, 0) is 14.3 Å². The van der Waals surface area contributed by atoms with E-state index in [9.17, 15) is 4.79 Å². The van der Waals surface area contributed by atoms with Gasteiger partial charge in [0.1, 0.15) is 0 Å². The number of esters is 1. The van der Waals surface area contributed by atoms with E-state index in [1.54, 1.807) is 0 Å². The van der Waals surface area contributed by atoms with Gasteiger partial charge in [0.2, 0.25) is 0 Å². The van der Waals surface area contributed by atoms with Crippen LogP contribution in [0.15, 0.2) is 0 Å². The van der Waals surface area contributed by atoms with Crippen molar-refractivity contribution in [3.63, 3.8) is 0 Å². The standard InChI is InChI=1S/C13H25NO3/c1-5-17-11-6-8-14(9-7-11)10-13(2,3)12(15)16-4/h11H,5-10H2,1-4H3. The van der Waals surface area contributed by atoms with Crippen LogP contribution in [0.25, 0.3) is 0 Å². The van der Waals surface area contributed by atoms with Crippen LogP contribution < -0.4 is 0 Å². The first kappa shape index (κ1) is 14.5. The van der Waals surface area contributed by atoms with Crippen LogP contribution in [0.2, 0.25) is 0 Å². The highest BCUT2D eigenvalue weighted by atomic mass is 16.5. The van der Waals surface area contributed by atoms with Gasteiger partial charge in [-0.3, -0.25) is 4.79 Å². The number of carbonyl (C=O) groups is 1. The van der Waals surface area contributed by atoms with E-state index in [0.29, 0.717) is 6.10 Å². The van der Waals surface area contributed by atoms with Crippen molar-refractivity contribution in [2.75, 3.05) is 33.4 Å². The van der Waals surface area contributed by atoms with Crippen molar-refractivity contribution in [3.05, 3.63) is 0 Å². The summed E-state index contributed by atoms with van der Waals surface area (Å²) >= 11 is 0. The van der Waals surface area contributed by atoms with E-state index < -0.39 is 5.41 Å². The lowest BCUT2D eigenvalue weighted by Crippen LogP contribution is -2.44. The molecule has 0 amide bonds. The molecule has 0 aliphatic carbocycles. The van der Waals surface area contributed by atoms with Crippen molar-refractivity contribution < 1.29 is 14.3 Å². The minimum Gasteiger partial charge on any atom is -0.469 e. The van der Waals surface area contributed by atoms with Crippen LogP contribution in [0.5, 0.6) is 0 Å². The Morgan fingerprint density at radius 3 is 2.41 bits per heavy atom. The molecular formula is C13H25NO3. The molecule has 1 heterocycles. The van der Waals surface area contributed by atoms with Gasteiger partial charge in [-0.15, -0.1) is 0 Å². The number of hydrogen-bond donors (Lipinski definition) is 0. The maximum absolute atomic E-state index is 11.6. The molecule has 100 valence electrons. The van der Waals surface area contributed by atoms with Gasteiger partial charge in [0.25, 0.3) is 0 Å². The Hall–Kier alpha value is -0.610. The lowest BCUT2D eigenvalue weighted by molar-refractivity contribution is -0.152. The van der Waals surface area contributed by atoms with Crippen molar-refractivity contribution >= 4 is 5.97 Å². The molecule has 1 aliphatic rings. The fraction of sp³-hybridized carbons (Fsp3) is 0.923. The van der Waals surface area contributed by atoms with Crippen LogP contribution in [0.3, 0.4) is 0 Å². The molecule has 0 unspecified atom stereocenters. The van der Waals surface area contributed by atoms with E-state index >= 15 is 0 Å². The van der Waals surface area contributed by atoms with Crippen molar-refractivity contribution in [2.45, 2.75) is 39.7 Å². The summed E-state index contributed by atoms with van der Waals surface area (Å²) in [6, 6.07) is 0. The molecule has 0 bridgehead atoms. The van der Waals surface area contributed by atoms with E-state index in [2.05, 4.69) is 4.90 Å². The monoisotopic (exact) mass is 243 g/mol. The predicted octanol–water partition coefficient (Wildman–Crippen LogP) is 1.69. The third-order valence-corrected chi connectivity index (χ3v) is 3.29. The lowest BCUT2D eigenvalue weighted by atomic mass is 9.92. The molecule has 0 N–H and O–H groups in total. The maximum atomic E-state index is 11.6. The van der Waals surface area contributed by atoms with E-state index in [1.165, 1.54) is 7.11 Å². The van der Waals surface area contributed by atoms with E-state index in [1.807, 2.05) is 20.8 Å². The fourth-order valence-electron chi connectivity index (χ4n) is 2.37. The first-order valence-corrected chi connectivity index (χ1v) is 6.42. The molecule has 0 aromatic rings. The number of piperidine rings is 1. The number of nitrogens with zero attached hydrogens (tertiary/aromatic N) is 1. The molecular weight excluding hydrogens is 218 g/mol. The van der Waals surface area contributed by atoms with Crippen molar-refractivity contribution in [2.24, 2.45) is 5.41 Å². The molecule has 0 atom stereocenters. The first-order chi connectivity index (χ1) is 7.99. The Labute approximate surface area is 104 Å². The molecule has 1 fully saturated rings. The number of ether oxygens (including phenoxy) is 2. The molecule has 0 spiro atoms. The summed E-state index contributed by atoms with van der Waals surface area (Å²) in [4.78, 5) is 13.9. The molecule has 0 saturated carbocycles. The van der Waals surface area contributed by atoms with Crippen LogP contribution >= 0.6 is 0 Å². The van der Waals surface area contributed by atoms with Gasteiger partial charge in [-0.05, 0) is 33.6 Å². The lowest BCUT2D eigenvalue weighted by Gasteiger charge is -2.35. The maximum Gasteiger partial charge on any atom is 0.312 e. The van der Waals surface area contributed by atoms with Crippen molar-refractivity contribution in [3.8, 4) is 0 Å². The number of methoxy groups -OCH3 is 1. The van der Waals surface area contributed by atoms with Gasteiger partial charge in [0.15, 0.2) is 0 Å². The predicted molar refractivity (Wildman–Crippen MR) is 66.9 cm³/mol. The number of likely N-dealkylation sites (tertiary alicyclic amines) is 1. The zero-order chi connectivity index (χ0) is 12.9. The zero-order valence-electron chi connectivity index (χ0n) is 11.5. The smallest absolute Gasteiger partial charge is 0.312 e. The second-order valence-electron chi connectivity index (χ2n) is 5.31. The van der Waals surface area contributed by atoms with Gasteiger partial charge < -0.3 is 14.4 Å². The van der Waals surface area contributed by atoms with Gasteiger partial charge in [-0.1, -0.05) is 0 Å². The molecule has 1 rings (SSSR count). The van der Waals surface area contributed by atoms with Gasteiger partial charge in [0, 0.05) is 26.2 Å². The fourth-order valence-corrected chi connectivity index (χ4v) is 2.37. The molecule has 17 heavy (non-hydrogen) atoms. The van der Waals surface area contributed by atoms with Crippen molar-refractivity contribution in [1.29, 1.82) is 0 Å². The van der Waals surface area contributed by atoms with Gasteiger partial charge in [0.05, 0.1) is 18.6 Å². The van der Waals surface area contributed by atoms with E-state index in [0.717, 1.165) is 39.1 Å². The Kier molecular flexibility index (Phi) is 5.40. The minimum atomic E-state index is -0.423.